The van der Waals surface area contributed by atoms with Gasteiger partial charge < -0.3 is 19.1 Å². The van der Waals surface area contributed by atoms with Crippen molar-refractivity contribution in [2.45, 2.75) is 31.5 Å². The number of fused-ring (bicyclic) bond motifs is 4. The van der Waals surface area contributed by atoms with Crippen LogP contribution in [0.1, 0.15) is 29.5 Å². The van der Waals surface area contributed by atoms with E-state index in [4.69, 9.17) is 19.2 Å². The lowest BCUT2D eigenvalue weighted by Crippen LogP contribution is -2.68. The molecule has 0 amide bonds. The molecule has 5 aliphatic rings. The first-order valence-corrected chi connectivity index (χ1v) is 13.6. The third-order valence-corrected chi connectivity index (χ3v) is 8.50. The Morgan fingerprint density at radius 3 is 2.77 bits per heavy atom. The zero-order valence-electron chi connectivity index (χ0n) is 21.9. The predicted molar refractivity (Wildman–Crippen MR) is 147 cm³/mol. The summed E-state index contributed by atoms with van der Waals surface area (Å²) in [7, 11) is 0. The van der Waals surface area contributed by atoms with Crippen molar-refractivity contribution in [1.29, 1.82) is 5.26 Å². The van der Waals surface area contributed by atoms with E-state index in [0.29, 0.717) is 36.7 Å². The molecule has 40 heavy (non-hydrogen) atoms. The summed E-state index contributed by atoms with van der Waals surface area (Å²) in [6.45, 7) is 4.27. The van der Waals surface area contributed by atoms with Crippen molar-refractivity contribution in [3.05, 3.63) is 71.8 Å². The highest BCUT2D eigenvalue weighted by Gasteiger charge is 2.45. The molecule has 4 aromatic heterocycles. The van der Waals surface area contributed by atoms with E-state index in [2.05, 4.69) is 50.2 Å². The largest absolute Gasteiger partial charge is 0.451 e. The Balaban J connectivity index is 1.04. The molecule has 3 fully saturated rings. The fourth-order valence-electron chi connectivity index (χ4n) is 6.44. The fraction of sp³-hybridized carbons (Fsp3) is 0.333. The summed E-state index contributed by atoms with van der Waals surface area (Å²) < 4.78 is 18.5. The van der Waals surface area contributed by atoms with E-state index in [1.807, 2.05) is 23.0 Å². The van der Waals surface area contributed by atoms with Crippen molar-refractivity contribution in [2.75, 3.05) is 38.0 Å². The van der Waals surface area contributed by atoms with Crippen LogP contribution in [0.15, 0.2) is 55.1 Å². The fourth-order valence-corrected chi connectivity index (χ4v) is 6.44. The number of aromatic nitrogens is 4. The minimum Gasteiger partial charge on any atom is -0.451 e. The minimum absolute atomic E-state index is 0.239. The number of hydrogen-bond donors (Lipinski definition) is 0. The van der Waals surface area contributed by atoms with Gasteiger partial charge in [-0.15, -0.1) is 0 Å². The van der Waals surface area contributed by atoms with Crippen molar-refractivity contribution in [3.63, 3.8) is 0 Å². The number of nitriles is 1. The van der Waals surface area contributed by atoms with Gasteiger partial charge in [0, 0.05) is 67.0 Å². The first-order chi connectivity index (χ1) is 19.7. The molecule has 2 unspecified atom stereocenters. The maximum Gasteiger partial charge on any atom is 0.260 e. The first kappa shape index (κ1) is 23.4. The maximum atomic E-state index is 9.74. The van der Waals surface area contributed by atoms with E-state index in [0.717, 1.165) is 65.4 Å². The van der Waals surface area contributed by atoms with Gasteiger partial charge >= 0.3 is 0 Å². The second-order valence-corrected chi connectivity index (χ2v) is 10.7. The van der Waals surface area contributed by atoms with Gasteiger partial charge in [0.15, 0.2) is 5.75 Å². The molecule has 10 nitrogen and oxygen atoms in total. The summed E-state index contributed by atoms with van der Waals surface area (Å²) in [5.41, 5.74) is 6.76. The summed E-state index contributed by atoms with van der Waals surface area (Å²) >= 11 is 0. The van der Waals surface area contributed by atoms with Gasteiger partial charge in [0.2, 0.25) is 6.79 Å². The van der Waals surface area contributed by atoms with Crippen molar-refractivity contribution in [1.82, 2.24) is 24.5 Å². The van der Waals surface area contributed by atoms with E-state index < -0.39 is 0 Å². The standard InChI is InChI=1S/C30H27N7O3/c31-11-23-13-34-37-15-22(19-4-7-38-8-5-19)9-26(28(23)37)20-1-2-27(33-12-20)35-16-24-10-25(17-35)36(24)14-21-3-6-32-30-29(21)39-18-40-30/h1-4,6,9,12-13,15,24-25H,5,7-8,10,14,16-18H2. The normalized spacial score (nSPS) is 21.7. The summed E-state index contributed by atoms with van der Waals surface area (Å²) in [6.07, 6.45) is 11.5. The number of pyridine rings is 3. The second-order valence-electron chi connectivity index (χ2n) is 10.7. The molecule has 2 atom stereocenters. The molecule has 5 aliphatic heterocycles. The molecule has 0 spiro atoms. The van der Waals surface area contributed by atoms with Gasteiger partial charge in [-0.1, -0.05) is 6.08 Å². The highest BCUT2D eigenvalue weighted by molar-refractivity contribution is 5.87. The molecular formula is C30H27N7O3. The Morgan fingerprint density at radius 2 is 1.98 bits per heavy atom. The third kappa shape index (κ3) is 3.81. The summed E-state index contributed by atoms with van der Waals surface area (Å²) in [5.74, 6) is 2.36. The number of hydrogen-bond acceptors (Lipinski definition) is 9. The molecule has 0 saturated carbocycles. The number of anilines is 1. The Labute approximate surface area is 231 Å². The number of piperidine rings is 1. The van der Waals surface area contributed by atoms with E-state index in [1.54, 1.807) is 12.4 Å². The van der Waals surface area contributed by atoms with Crippen LogP contribution in [0.3, 0.4) is 0 Å². The van der Waals surface area contributed by atoms with Crippen LogP contribution in [0.25, 0.3) is 22.2 Å². The lowest BCUT2D eigenvalue weighted by atomic mass is 9.86. The average molecular weight is 534 g/mol. The van der Waals surface area contributed by atoms with Crippen LogP contribution in [0.2, 0.25) is 0 Å². The van der Waals surface area contributed by atoms with Gasteiger partial charge in [0.05, 0.1) is 30.5 Å². The molecule has 9 heterocycles. The highest BCUT2D eigenvalue weighted by atomic mass is 16.7. The SMILES string of the molecule is N#Cc1cnn2cc(C3=CCOCC3)cc(-c3ccc(N4CC5CC(C4)N5Cc4ccnc5c4OCO5)nc3)c12. The Morgan fingerprint density at radius 1 is 1.05 bits per heavy atom. The number of rotatable bonds is 5. The van der Waals surface area contributed by atoms with Crippen LogP contribution in [0, 0.1) is 11.3 Å². The number of ether oxygens (including phenoxy) is 3. The van der Waals surface area contributed by atoms with Crippen molar-refractivity contribution in [3.8, 4) is 28.8 Å². The molecule has 200 valence electrons. The molecule has 0 radical (unpaired) electrons. The molecule has 4 aromatic rings. The van der Waals surface area contributed by atoms with E-state index >= 15 is 0 Å². The monoisotopic (exact) mass is 533 g/mol. The molecule has 10 heteroatoms. The molecule has 0 N–H and O–H groups in total. The lowest BCUT2D eigenvalue weighted by Gasteiger charge is -2.56. The van der Waals surface area contributed by atoms with Gasteiger partial charge in [-0.05, 0) is 48.2 Å². The van der Waals surface area contributed by atoms with Crippen molar-refractivity contribution >= 4 is 16.9 Å². The third-order valence-electron chi connectivity index (χ3n) is 8.50. The molecule has 2 bridgehead atoms. The van der Waals surface area contributed by atoms with Gasteiger partial charge in [-0.2, -0.15) is 10.4 Å². The Hall–Kier alpha value is -4.46. The molecule has 9 rings (SSSR count). The van der Waals surface area contributed by atoms with E-state index in [1.165, 1.54) is 12.0 Å². The van der Waals surface area contributed by atoms with Gasteiger partial charge in [-0.25, -0.2) is 14.5 Å². The summed E-state index contributed by atoms with van der Waals surface area (Å²) in [4.78, 5) is 14.1. The Bertz CT molecular complexity index is 1680. The Kier molecular flexibility index (Phi) is 5.46. The number of piperazine rings is 1. The van der Waals surface area contributed by atoms with Crippen LogP contribution in [0.5, 0.6) is 11.6 Å². The predicted octanol–water partition coefficient (Wildman–Crippen LogP) is 3.66. The molecule has 3 saturated heterocycles. The van der Waals surface area contributed by atoms with Gasteiger partial charge in [0.1, 0.15) is 11.9 Å². The van der Waals surface area contributed by atoms with E-state index in [9.17, 15) is 5.26 Å². The van der Waals surface area contributed by atoms with Gasteiger partial charge in [-0.3, -0.25) is 4.90 Å². The van der Waals surface area contributed by atoms with E-state index in [-0.39, 0.29) is 6.79 Å². The van der Waals surface area contributed by atoms with Crippen LogP contribution in [0.4, 0.5) is 5.82 Å². The second kappa shape index (κ2) is 9.33. The van der Waals surface area contributed by atoms with Crippen LogP contribution in [-0.2, 0) is 11.3 Å². The van der Waals surface area contributed by atoms with Crippen LogP contribution in [-0.4, -0.2) is 69.7 Å². The minimum atomic E-state index is 0.239. The van der Waals surface area contributed by atoms with Crippen LogP contribution >= 0.6 is 0 Å². The quantitative estimate of drug-likeness (QED) is 0.380. The number of nitrogens with zero attached hydrogens (tertiary/aromatic N) is 7. The smallest absolute Gasteiger partial charge is 0.260 e. The summed E-state index contributed by atoms with van der Waals surface area (Å²) in [6, 6.07) is 11.6. The lowest BCUT2D eigenvalue weighted by molar-refractivity contribution is -0.00923. The zero-order chi connectivity index (χ0) is 26.6. The van der Waals surface area contributed by atoms with Gasteiger partial charge in [0.25, 0.3) is 5.88 Å². The van der Waals surface area contributed by atoms with Crippen LogP contribution < -0.4 is 14.4 Å². The molecule has 0 aliphatic carbocycles. The topological polar surface area (TPSA) is 101 Å². The average Bonchev–Trinajstić information content (AvgIpc) is 3.67. The molecular weight excluding hydrogens is 506 g/mol. The van der Waals surface area contributed by atoms with Crippen molar-refractivity contribution in [2.24, 2.45) is 0 Å². The highest BCUT2D eigenvalue weighted by Crippen LogP contribution is 2.40. The summed E-state index contributed by atoms with van der Waals surface area (Å²) in [5, 5.41) is 14.2. The zero-order valence-corrected chi connectivity index (χ0v) is 21.9. The molecule has 0 aromatic carbocycles. The maximum absolute atomic E-state index is 9.74. The van der Waals surface area contributed by atoms with Crippen molar-refractivity contribution < 1.29 is 14.2 Å². The first-order valence-electron chi connectivity index (χ1n) is 13.6.